The average molecular weight is 402 g/mol. The van der Waals surface area contributed by atoms with E-state index < -0.39 is 15.9 Å². The van der Waals surface area contributed by atoms with Crippen LogP contribution in [0.25, 0.3) is 0 Å². The summed E-state index contributed by atoms with van der Waals surface area (Å²) in [7, 11) is -3.63. The van der Waals surface area contributed by atoms with E-state index in [9.17, 15) is 18.0 Å². The molecule has 0 unspecified atom stereocenters. The smallest absolute Gasteiger partial charge is 0.243 e. The van der Waals surface area contributed by atoms with Gasteiger partial charge in [-0.3, -0.25) is 14.6 Å². The van der Waals surface area contributed by atoms with E-state index in [0.717, 1.165) is 0 Å². The Labute approximate surface area is 164 Å². The number of nitrogens with zero attached hydrogens (tertiary/aromatic N) is 2. The van der Waals surface area contributed by atoms with Crippen molar-refractivity contribution in [1.29, 1.82) is 0 Å². The third kappa shape index (κ3) is 4.93. The van der Waals surface area contributed by atoms with Crippen LogP contribution in [0.5, 0.6) is 0 Å². The summed E-state index contributed by atoms with van der Waals surface area (Å²) in [5.41, 5.74) is 0.541. The number of benzene rings is 1. The van der Waals surface area contributed by atoms with Crippen molar-refractivity contribution in [2.75, 3.05) is 25.0 Å². The van der Waals surface area contributed by atoms with Crippen molar-refractivity contribution in [2.45, 2.75) is 17.7 Å². The molecular formula is C19H22N4O4S. The zero-order chi connectivity index (χ0) is 20.0. The molecule has 1 aliphatic rings. The van der Waals surface area contributed by atoms with Gasteiger partial charge < -0.3 is 10.6 Å². The first kappa shape index (κ1) is 20.0. The van der Waals surface area contributed by atoms with Gasteiger partial charge in [-0.25, -0.2) is 8.42 Å². The van der Waals surface area contributed by atoms with E-state index in [1.54, 1.807) is 48.7 Å². The van der Waals surface area contributed by atoms with Crippen LogP contribution in [0, 0.1) is 5.92 Å². The third-order valence-corrected chi connectivity index (χ3v) is 6.38. The van der Waals surface area contributed by atoms with Gasteiger partial charge in [0.25, 0.3) is 0 Å². The Morgan fingerprint density at radius 3 is 2.64 bits per heavy atom. The summed E-state index contributed by atoms with van der Waals surface area (Å²) in [5.74, 6) is -1.18. The average Bonchev–Trinajstić information content (AvgIpc) is 2.73. The zero-order valence-corrected chi connectivity index (χ0v) is 16.1. The molecule has 2 aromatic rings. The van der Waals surface area contributed by atoms with Gasteiger partial charge in [-0.15, -0.1) is 0 Å². The Kier molecular flexibility index (Phi) is 6.37. The molecule has 8 nitrogen and oxygen atoms in total. The maximum Gasteiger partial charge on any atom is 0.243 e. The number of nitrogens with one attached hydrogen (secondary N) is 2. The minimum absolute atomic E-state index is 0.104. The molecule has 2 N–H and O–H groups in total. The van der Waals surface area contributed by atoms with Gasteiger partial charge in [-0.2, -0.15) is 4.31 Å². The fraction of sp³-hybridized carbons (Fsp3) is 0.316. The van der Waals surface area contributed by atoms with Crippen LogP contribution < -0.4 is 10.6 Å². The molecule has 0 spiro atoms. The van der Waals surface area contributed by atoms with Crippen molar-refractivity contribution >= 4 is 27.5 Å². The van der Waals surface area contributed by atoms with Crippen LogP contribution in [-0.2, 0) is 19.6 Å². The Bertz CT molecular complexity index is 919. The lowest BCUT2D eigenvalue weighted by atomic mass is 9.99. The van der Waals surface area contributed by atoms with Crippen molar-refractivity contribution in [1.82, 2.24) is 14.6 Å². The molecule has 28 heavy (non-hydrogen) atoms. The number of hydrogen-bond acceptors (Lipinski definition) is 5. The summed E-state index contributed by atoms with van der Waals surface area (Å²) >= 11 is 0. The first-order valence-corrected chi connectivity index (χ1v) is 10.4. The fourth-order valence-electron chi connectivity index (χ4n) is 3.07. The van der Waals surface area contributed by atoms with Crippen LogP contribution in [0.15, 0.2) is 59.8 Å². The molecule has 1 aromatic carbocycles. The predicted molar refractivity (Wildman–Crippen MR) is 104 cm³/mol. The number of aromatic nitrogens is 1. The van der Waals surface area contributed by atoms with Crippen molar-refractivity contribution in [2.24, 2.45) is 5.92 Å². The number of rotatable bonds is 6. The molecule has 0 bridgehead atoms. The van der Waals surface area contributed by atoms with Crippen molar-refractivity contribution < 1.29 is 18.0 Å². The molecule has 1 aromatic heterocycles. The molecule has 1 atom stereocenters. The number of sulfonamides is 1. The Hall–Kier alpha value is -2.78. The van der Waals surface area contributed by atoms with Crippen molar-refractivity contribution in [3.63, 3.8) is 0 Å². The van der Waals surface area contributed by atoms with E-state index in [0.29, 0.717) is 25.1 Å². The monoisotopic (exact) mass is 402 g/mol. The van der Waals surface area contributed by atoms with Crippen LogP contribution >= 0.6 is 0 Å². The minimum Gasteiger partial charge on any atom is -0.347 e. The summed E-state index contributed by atoms with van der Waals surface area (Å²) in [4.78, 5) is 28.5. The van der Waals surface area contributed by atoms with E-state index >= 15 is 0 Å². The SMILES string of the molecule is O=C(CNC(=O)[C@H]1CCCN(S(=O)(=O)c2ccccc2)C1)Nc1cccnc1. The van der Waals surface area contributed by atoms with Gasteiger partial charge in [0.2, 0.25) is 21.8 Å². The van der Waals surface area contributed by atoms with Gasteiger partial charge in [0, 0.05) is 19.3 Å². The summed E-state index contributed by atoms with van der Waals surface area (Å²) in [6.45, 7) is 0.297. The molecule has 1 saturated heterocycles. The molecule has 0 aliphatic carbocycles. The van der Waals surface area contributed by atoms with E-state index in [1.165, 1.54) is 10.5 Å². The second-order valence-corrected chi connectivity index (χ2v) is 8.46. The van der Waals surface area contributed by atoms with Gasteiger partial charge in [0.05, 0.1) is 29.2 Å². The van der Waals surface area contributed by atoms with Gasteiger partial charge in [-0.05, 0) is 37.1 Å². The summed E-state index contributed by atoms with van der Waals surface area (Å²) < 4.78 is 26.8. The number of hydrogen-bond donors (Lipinski definition) is 2. The summed E-state index contributed by atoms with van der Waals surface area (Å²) in [6.07, 6.45) is 4.27. The number of anilines is 1. The fourth-order valence-corrected chi connectivity index (χ4v) is 4.61. The normalized spacial score (nSPS) is 17.6. The number of carbonyl (C=O) groups is 2. The van der Waals surface area contributed by atoms with Crippen molar-refractivity contribution in [3.8, 4) is 0 Å². The topological polar surface area (TPSA) is 108 Å². The molecule has 0 radical (unpaired) electrons. The lowest BCUT2D eigenvalue weighted by Crippen LogP contribution is -2.46. The quantitative estimate of drug-likeness (QED) is 0.756. The predicted octanol–water partition coefficient (Wildman–Crippen LogP) is 1.24. The molecular weight excluding hydrogens is 380 g/mol. The molecule has 9 heteroatoms. The number of pyridine rings is 1. The van der Waals surface area contributed by atoms with Gasteiger partial charge in [0.1, 0.15) is 0 Å². The highest BCUT2D eigenvalue weighted by Gasteiger charge is 2.33. The lowest BCUT2D eigenvalue weighted by Gasteiger charge is -2.31. The zero-order valence-electron chi connectivity index (χ0n) is 15.2. The second kappa shape index (κ2) is 8.94. The van der Waals surface area contributed by atoms with Crippen LogP contribution in [0.4, 0.5) is 5.69 Å². The molecule has 0 saturated carbocycles. The molecule has 2 amide bonds. The van der Waals surface area contributed by atoms with Crippen molar-refractivity contribution in [3.05, 3.63) is 54.9 Å². The van der Waals surface area contributed by atoms with Gasteiger partial charge >= 0.3 is 0 Å². The van der Waals surface area contributed by atoms with E-state index in [4.69, 9.17) is 0 Å². The first-order chi connectivity index (χ1) is 13.5. The van der Waals surface area contributed by atoms with Gasteiger partial charge in [-0.1, -0.05) is 18.2 Å². The lowest BCUT2D eigenvalue weighted by molar-refractivity contribution is -0.128. The van der Waals surface area contributed by atoms with E-state index in [1.807, 2.05) is 0 Å². The largest absolute Gasteiger partial charge is 0.347 e. The Balaban J connectivity index is 1.55. The van der Waals surface area contributed by atoms with Gasteiger partial charge in [0.15, 0.2) is 0 Å². The highest BCUT2D eigenvalue weighted by atomic mass is 32.2. The van der Waals surface area contributed by atoms with Crippen LogP contribution in [0.2, 0.25) is 0 Å². The molecule has 2 heterocycles. The van der Waals surface area contributed by atoms with E-state index in [-0.39, 0.29) is 29.8 Å². The highest BCUT2D eigenvalue weighted by Crippen LogP contribution is 2.23. The molecule has 1 aliphatic heterocycles. The van der Waals surface area contributed by atoms with Crippen LogP contribution in [-0.4, -0.2) is 49.2 Å². The minimum atomic E-state index is -3.63. The number of carbonyl (C=O) groups excluding carboxylic acids is 2. The van der Waals surface area contributed by atoms with E-state index in [2.05, 4.69) is 15.6 Å². The summed E-state index contributed by atoms with van der Waals surface area (Å²) in [6, 6.07) is 11.6. The highest BCUT2D eigenvalue weighted by molar-refractivity contribution is 7.89. The Morgan fingerprint density at radius 2 is 1.93 bits per heavy atom. The first-order valence-electron chi connectivity index (χ1n) is 8.99. The molecule has 148 valence electrons. The third-order valence-electron chi connectivity index (χ3n) is 4.50. The molecule has 3 rings (SSSR count). The van der Waals surface area contributed by atoms with Crippen LogP contribution in [0.3, 0.4) is 0 Å². The number of amides is 2. The standard InChI is InChI=1S/C19H22N4O4S/c24-18(22-16-7-4-10-20-12-16)13-21-19(25)15-6-5-11-23(14-15)28(26,27)17-8-2-1-3-9-17/h1-4,7-10,12,15H,5-6,11,13-14H2,(H,21,25)(H,22,24)/t15-/m0/s1. The van der Waals surface area contributed by atoms with Crippen LogP contribution in [0.1, 0.15) is 12.8 Å². The second-order valence-electron chi connectivity index (χ2n) is 6.52. The summed E-state index contributed by atoms with van der Waals surface area (Å²) in [5, 5.41) is 5.22. The number of piperidine rings is 1. The maximum absolute atomic E-state index is 12.7. The maximum atomic E-state index is 12.7. The Morgan fingerprint density at radius 1 is 1.14 bits per heavy atom. The molecule has 1 fully saturated rings.